The van der Waals surface area contributed by atoms with Crippen LogP contribution >= 0.6 is 0 Å². The van der Waals surface area contributed by atoms with Crippen LogP contribution < -0.4 is 0 Å². The van der Waals surface area contributed by atoms with Crippen LogP contribution in [0.25, 0.3) is 0 Å². The minimum Gasteiger partial charge on any atom is -0.395 e. The monoisotopic (exact) mass is 511 g/mol. The van der Waals surface area contributed by atoms with Crippen molar-refractivity contribution in [2.75, 3.05) is 52.5 Å². The Balaban J connectivity index is 1.95. The summed E-state index contributed by atoms with van der Waals surface area (Å²) in [4.78, 5) is 2.01. The van der Waals surface area contributed by atoms with E-state index in [1.54, 1.807) is 53.4 Å². The van der Waals surface area contributed by atoms with Crippen LogP contribution in [-0.4, -0.2) is 99.1 Å². The zero-order valence-corrected chi connectivity index (χ0v) is 21.2. The minimum absolute atomic E-state index is 0.0158. The van der Waals surface area contributed by atoms with Gasteiger partial charge in [0.2, 0.25) is 20.0 Å². The van der Waals surface area contributed by atoms with Gasteiger partial charge in [0.15, 0.2) is 0 Å². The Morgan fingerprint density at radius 1 is 0.647 bits per heavy atom. The number of nitrogens with zero attached hydrogens (tertiary/aromatic N) is 3. The van der Waals surface area contributed by atoms with Gasteiger partial charge in [0.25, 0.3) is 0 Å². The van der Waals surface area contributed by atoms with Crippen LogP contribution in [0.15, 0.2) is 58.3 Å². The predicted octanol–water partition coefficient (Wildman–Crippen LogP) is 0.654. The highest BCUT2D eigenvalue weighted by Gasteiger charge is 2.32. The van der Waals surface area contributed by atoms with Crippen LogP contribution in [0, 0.1) is 13.8 Å². The van der Waals surface area contributed by atoms with E-state index in [2.05, 4.69) is 0 Å². The first-order chi connectivity index (χ1) is 16.1. The predicted molar refractivity (Wildman–Crippen MR) is 129 cm³/mol. The lowest BCUT2D eigenvalue weighted by atomic mass is 10.2. The van der Waals surface area contributed by atoms with Gasteiger partial charge in [-0.1, -0.05) is 35.4 Å². The molecule has 34 heavy (non-hydrogen) atoms. The number of hydrogen-bond donors (Lipinski definition) is 2. The van der Waals surface area contributed by atoms with Crippen molar-refractivity contribution in [3.05, 3.63) is 59.7 Å². The maximum absolute atomic E-state index is 13.4. The highest BCUT2D eigenvalue weighted by molar-refractivity contribution is 7.89. The van der Waals surface area contributed by atoms with E-state index in [1.807, 2.05) is 13.8 Å². The minimum atomic E-state index is -3.88. The number of hydrogen-bond acceptors (Lipinski definition) is 7. The summed E-state index contributed by atoms with van der Waals surface area (Å²) in [5.41, 5.74) is 1.86. The van der Waals surface area contributed by atoms with E-state index in [9.17, 15) is 27.0 Å². The molecule has 0 aromatic heterocycles. The third-order valence-electron chi connectivity index (χ3n) is 6.13. The molecule has 1 heterocycles. The topological polar surface area (TPSA) is 118 Å². The summed E-state index contributed by atoms with van der Waals surface area (Å²) in [6, 6.07) is 12.4. The van der Waals surface area contributed by atoms with Gasteiger partial charge in [-0.05, 0) is 38.1 Å². The van der Waals surface area contributed by atoms with E-state index < -0.39 is 26.1 Å². The number of aliphatic hydroxyl groups is 2. The fourth-order valence-electron chi connectivity index (χ4n) is 3.89. The van der Waals surface area contributed by atoms with Crippen molar-refractivity contribution in [3.63, 3.8) is 0 Å². The average Bonchev–Trinajstić information content (AvgIpc) is 2.92. The van der Waals surface area contributed by atoms with Gasteiger partial charge in [-0.25, -0.2) is 16.8 Å². The molecule has 188 valence electrons. The standard InChI is InChI=1S/C23H33N3O6S2/c1-19-3-7-22(8-4-19)33(29,30)25-13-11-24(21(17-27)18-28)12-14-26(16-15-25)34(31,32)23-9-5-20(2)6-10-23/h3-10,21,27-28H,11-18H2,1-2H3. The molecule has 0 aliphatic carbocycles. The molecule has 1 aliphatic heterocycles. The lowest BCUT2D eigenvalue weighted by Gasteiger charge is -2.30. The summed E-state index contributed by atoms with van der Waals surface area (Å²) in [6.07, 6.45) is 0. The molecule has 1 fully saturated rings. The zero-order chi connectivity index (χ0) is 24.9. The fraction of sp³-hybridized carbons (Fsp3) is 0.478. The van der Waals surface area contributed by atoms with Crippen molar-refractivity contribution in [2.24, 2.45) is 0 Å². The molecule has 11 heteroatoms. The van der Waals surface area contributed by atoms with E-state index >= 15 is 0 Å². The molecule has 2 N–H and O–H groups in total. The third kappa shape index (κ3) is 6.03. The van der Waals surface area contributed by atoms with Crippen LogP contribution in [0.5, 0.6) is 0 Å². The number of benzene rings is 2. The largest absolute Gasteiger partial charge is 0.395 e. The summed E-state index contributed by atoms with van der Waals surface area (Å²) < 4.78 is 56.1. The van der Waals surface area contributed by atoms with Gasteiger partial charge in [-0.3, -0.25) is 4.90 Å². The molecule has 1 saturated heterocycles. The average molecular weight is 512 g/mol. The second-order valence-electron chi connectivity index (χ2n) is 8.49. The Bertz CT molecular complexity index is 1060. The first kappa shape index (κ1) is 26.7. The van der Waals surface area contributed by atoms with Crippen molar-refractivity contribution in [1.29, 1.82) is 0 Å². The first-order valence-corrected chi connectivity index (χ1v) is 14.1. The molecule has 0 amide bonds. The quantitative estimate of drug-likeness (QED) is 0.560. The van der Waals surface area contributed by atoms with E-state index in [4.69, 9.17) is 0 Å². The molecule has 0 saturated carbocycles. The first-order valence-electron chi connectivity index (χ1n) is 11.2. The van der Waals surface area contributed by atoms with Crippen molar-refractivity contribution in [2.45, 2.75) is 29.7 Å². The van der Waals surface area contributed by atoms with E-state index in [1.165, 1.54) is 8.61 Å². The number of rotatable bonds is 7. The molecule has 2 aromatic rings. The van der Waals surface area contributed by atoms with Crippen molar-refractivity contribution in [3.8, 4) is 0 Å². The molecule has 3 rings (SSSR count). The van der Waals surface area contributed by atoms with Gasteiger partial charge in [0.1, 0.15) is 0 Å². The molecule has 2 aromatic carbocycles. The number of aliphatic hydroxyl groups excluding tert-OH is 2. The van der Waals surface area contributed by atoms with E-state index in [-0.39, 0.29) is 62.3 Å². The highest BCUT2D eigenvalue weighted by atomic mass is 32.2. The van der Waals surface area contributed by atoms with E-state index in [0.29, 0.717) is 0 Å². The summed E-state index contributed by atoms with van der Waals surface area (Å²) in [5.74, 6) is 0. The molecular formula is C23H33N3O6S2. The van der Waals surface area contributed by atoms with Crippen LogP contribution in [0.3, 0.4) is 0 Å². The summed E-state index contributed by atoms with van der Waals surface area (Å²) in [7, 11) is -7.75. The summed E-state index contributed by atoms with van der Waals surface area (Å²) in [6.45, 7) is 3.74. The summed E-state index contributed by atoms with van der Waals surface area (Å²) >= 11 is 0. The van der Waals surface area contributed by atoms with Crippen molar-refractivity contribution < 1.29 is 27.0 Å². The highest BCUT2D eigenvalue weighted by Crippen LogP contribution is 2.21. The third-order valence-corrected chi connectivity index (χ3v) is 9.95. The van der Waals surface area contributed by atoms with Crippen molar-refractivity contribution in [1.82, 2.24) is 13.5 Å². The number of sulfonamides is 2. The fourth-order valence-corrected chi connectivity index (χ4v) is 6.74. The molecule has 0 spiro atoms. The van der Waals surface area contributed by atoms with Crippen LogP contribution in [0.2, 0.25) is 0 Å². The molecule has 9 nitrogen and oxygen atoms in total. The lowest BCUT2D eigenvalue weighted by Crippen LogP contribution is -2.47. The second kappa shape index (κ2) is 11.3. The Morgan fingerprint density at radius 2 is 0.971 bits per heavy atom. The lowest BCUT2D eigenvalue weighted by molar-refractivity contribution is 0.0714. The van der Waals surface area contributed by atoms with Gasteiger partial charge in [-0.15, -0.1) is 0 Å². The van der Waals surface area contributed by atoms with Gasteiger partial charge in [0, 0.05) is 39.3 Å². The Kier molecular flexibility index (Phi) is 8.85. The van der Waals surface area contributed by atoms with Gasteiger partial charge in [-0.2, -0.15) is 8.61 Å². The molecule has 0 unspecified atom stereocenters. The maximum Gasteiger partial charge on any atom is 0.243 e. The maximum atomic E-state index is 13.4. The summed E-state index contributed by atoms with van der Waals surface area (Å²) in [5, 5.41) is 19.4. The second-order valence-corrected chi connectivity index (χ2v) is 12.4. The Labute approximate surface area is 202 Å². The van der Waals surface area contributed by atoms with Crippen LogP contribution in [0.4, 0.5) is 0 Å². The van der Waals surface area contributed by atoms with Crippen LogP contribution in [-0.2, 0) is 20.0 Å². The normalized spacial score (nSPS) is 17.9. The zero-order valence-electron chi connectivity index (χ0n) is 19.5. The SMILES string of the molecule is Cc1ccc(S(=O)(=O)N2CCN(C(CO)CO)CCN(S(=O)(=O)c3ccc(C)cc3)CC2)cc1. The number of aryl methyl sites for hydroxylation is 2. The smallest absolute Gasteiger partial charge is 0.243 e. The van der Waals surface area contributed by atoms with Gasteiger partial charge in [0.05, 0.1) is 29.0 Å². The molecule has 1 aliphatic rings. The van der Waals surface area contributed by atoms with Gasteiger partial charge < -0.3 is 10.2 Å². The van der Waals surface area contributed by atoms with Crippen molar-refractivity contribution >= 4 is 20.0 Å². The molecule has 0 atom stereocenters. The Hall–Kier alpha value is -1.86. The molecule has 0 bridgehead atoms. The Morgan fingerprint density at radius 3 is 1.29 bits per heavy atom. The molecular weight excluding hydrogens is 478 g/mol. The molecule has 0 radical (unpaired) electrons. The van der Waals surface area contributed by atoms with E-state index in [0.717, 1.165) is 11.1 Å². The van der Waals surface area contributed by atoms with Gasteiger partial charge >= 0.3 is 0 Å². The van der Waals surface area contributed by atoms with Crippen LogP contribution in [0.1, 0.15) is 11.1 Å².